The highest BCUT2D eigenvalue weighted by Gasteiger charge is 2.25. The van der Waals surface area contributed by atoms with Gasteiger partial charge in [-0.3, -0.25) is 0 Å². The number of hydrogen-bond acceptors (Lipinski definition) is 3. The van der Waals surface area contributed by atoms with Crippen molar-refractivity contribution < 1.29 is 8.42 Å². The Hall–Kier alpha value is -1.07. The van der Waals surface area contributed by atoms with Crippen molar-refractivity contribution in [3.05, 3.63) is 24.3 Å². The van der Waals surface area contributed by atoms with Gasteiger partial charge in [0.15, 0.2) is 0 Å². The summed E-state index contributed by atoms with van der Waals surface area (Å²) in [6.07, 6.45) is 0. The molecule has 0 amide bonds. The lowest BCUT2D eigenvalue weighted by Gasteiger charge is -2.13. The average Bonchev–Trinajstić information content (AvgIpc) is 2.27. The number of rotatable bonds is 0. The van der Waals surface area contributed by atoms with Crippen molar-refractivity contribution in [1.29, 1.82) is 0 Å². The summed E-state index contributed by atoms with van der Waals surface area (Å²) >= 11 is 0. The number of para-hydroxylation sites is 1. The van der Waals surface area contributed by atoms with Crippen molar-refractivity contribution >= 4 is 15.7 Å². The Morgan fingerprint density at radius 1 is 1.36 bits per heavy atom. The van der Waals surface area contributed by atoms with Crippen LogP contribution in [0.25, 0.3) is 0 Å². The van der Waals surface area contributed by atoms with Gasteiger partial charge in [0.25, 0.3) is 0 Å². The van der Waals surface area contributed by atoms with Crippen LogP contribution in [0.4, 0.5) is 5.69 Å². The number of likely N-dealkylation sites (N-methyl/N-ethyl adjacent to an activating group) is 1. The van der Waals surface area contributed by atoms with E-state index in [-0.39, 0.29) is 0 Å². The molecule has 1 aliphatic heterocycles. The van der Waals surface area contributed by atoms with Gasteiger partial charge in [-0.05, 0) is 12.1 Å². The molecule has 4 nitrogen and oxygen atoms in total. The maximum absolute atomic E-state index is 11.9. The van der Waals surface area contributed by atoms with Gasteiger partial charge in [-0.1, -0.05) is 12.1 Å². The summed E-state index contributed by atoms with van der Waals surface area (Å²) in [5, 5.41) is 3.09. The molecule has 76 valence electrons. The Kier molecular flexibility index (Phi) is 2.20. The summed E-state index contributed by atoms with van der Waals surface area (Å²) in [6, 6.07) is 6.97. The maximum Gasteiger partial charge on any atom is 0.244 e. The predicted octanol–water partition coefficient (Wildman–Crippen LogP) is 0.733. The molecule has 5 heteroatoms. The third kappa shape index (κ3) is 1.38. The summed E-state index contributed by atoms with van der Waals surface area (Å²) in [5.41, 5.74) is 0.692. The second-order valence-electron chi connectivity index (χ2n) is 3.25. The second-order valence-corrected chi connectivity index (χ2v) is 5.26. The third-order valence-corrected chi connectivity index (χ3v) is 4.23. The number of sulfonamides is 1. The number of anilines is 1. The molecule has 1 heterocycles. The van der Waals surface area contributed by atoms with Gasteiger partial charge in [0, 0.05) is 20.1 Å². The zero-order valence-electron chi connectivity index (χ0n) is 7.90. The molecule has 0 fully saturated rings. The van der Waals surface area contributed by atoms with E-state index in [2.05, 4.69) is 5.32 Å². The first-order chi connectivity index (χ1) is 6.62. The van der Waals surface area contributed by atoms with Crippen LogP contribution < -0.4 is 5.32 Å². The first-order valence-corrected chi connectivity index (χ1v) is 5.85. The van der Waals surface area contributed by atoms with E-state index < -0.39 is 10.0 Å². The highest BCUT2D eigenvalue weighted by atomic mass is 32.2. The van der Waals surface area contributed by atoms with Gasteiger partial charge in [0.1, 0.15) is 4.90 Å². The summed E-state index contributed by atoms with van der Waals surface area (Å²) in [4.78, 5) is 0.361. The molecule has 0 radical (unpaired) electrons. The molecule has 0 atom stereocenters. The summed E-state index contributed by atoms with van der Waals surface area (Å²) in [7, 11) is -1.69. The highest BCUT2D eigenvalue weighted by molar-refractivity contribution is 7.89. The zero-order chi connectivity index (χ0) is 10.2. The van der Waals surface area contributed by atoms with Crippen LogP contribution in [-0.4, -0.2) is 32.9 Å². The summed E-state index contributed by atoms with van der Waals surface area (Å²) < 4.78 is 25.2. The van der Waals surface area contributed by atoms with Crippen LogP contribution in [-0.2, 0) is 10.0 Å². The molecule has 1 N–H and O–H groups in total. The molecular formula is C9H12N2O2S. The molecule has 1 aliphatic rings. The molecule has 14 heavy (non-hydrogen) atoms. The van der Waals surface area contributed by atoms with Gasteiger partial charge in [0.05, 0.1) is 5.69 Å². The maximum atomic E-state index is 11.9. The minimum absolute atomic E-state index is 0.361. The fourth-order valence-corrected chi connectivity index (χ4v) is 2.81. The average molecular weight is 212 g/mol. The lowest BCUT2D eigenvalue weighted by atomic mass is 10.3. The Morgan fingerprint density at radius 2 is 2.07 bits per heavy atom. The van der Waals surface area contributed by atoms with Crippen molar-refractivity contribution in [3.8, 4) is 0 Å². The second kappa shape index (κ2) is 3.25. The van der Waals surface area contributed by atoms with E-state index in [1.165, 1.54) is 4.31 Å². The third-order valence-electron chi connectivity index (χ3n) is 2.32. The topological polar surface area (TPSA) is 49.4 Å². The van der Waals surface area contributed by atoms with Gasteiger partial charge in [-0.15, -0.1) is 0 Å². The summed E-state index contributed by atoms with van der Waals surface area (Å²) in [6.45, 7) is 1.14. The van der Waals surface area contributed by atoms with Crippen LogP contribution in [0.1, 0.15) is 0 Å². The molecule has 0 saturated heterocycles. The normalized spacial score (nSPS) is 20.6. The SMILES string of the molecule is CN1CCNc2ccccc2S1(=O)=O. The van der Waals surface area contributed by atoms with Gasteiger partial charge in [-0.2, -0.15) is 4.31 Å². The lowest BCUT2D eigenvalue weighted by molar-refractivity contribution is 0.485. The fraction of sp³-hybridized carbons (Fsp3) is 0.333. The molecule has 0 bridgehead atoms. The number of hydrogen-bond donors (Lipinski definition) is 1. The van der Waals surface area contributed by atoms with Crippen LogP contribution in [0, 0.1) is 0 Å². The van der Waals surface area contributed by atoms with Gasteiger partial charge < -0.3 is 5.32 Å². The molecule has 0 aromatic heterocycles. The van der Waals surface area contributed by atoms with Crippen molar-refractivity contribution in [1.82, 2.24) is 4.31 Å². The van der Waals surface area contributed by atoms with Crippen LogP contribution in [0.15, 0.2) is 29.2 Å². The monoisotopic (exact) mass is 212 g/mol. The number of fused-ring (bicyclic) bond motifs is 1. The fourth-order valence-electron chi connectivity index (χ4n) is 1.47. The minimum Gasteiger partial charge on any atom is -0.383 e. The van der Waals surface area contributed by atoms with E-state index in [1.54, 1.807) is 25.2 Å². The molecule has 1 aromatic carbocycles. The number of nitrogens with zero attached hydrogens (tertiary/aromatic N) is 1. The van der Waals surface area contributed by atoms with E-state index >= 15 is 0 Å². The van der Waals surface area contributed by atoms with Crippen molar-refractivity contribution in [2.24, 2.45) is 0 Å². The van der Waals surface area contributed by atoms with E-state index in [4.69, 9.17) is 0 Å². The van der Waals surface area contributed by atoms with Crippen LogP contribution >= 0.6 is 0 Å². The first kappa shape index (κ1) is 9.48. The molecule has 0 spiro atoms. The van der Waals surface area contributed by atoms with Crippen LogP contribution in [0.2, 0.25) is 0 Å². The largest absolute Gasteiger partial charge is 0.383 e. The van der Waals surface area contributed by atoms with E-state index in [0.717, 1.165) is 0 Å². The quantitative estimate of drug-likeness (QED) is 0.690. The minimum atomic E-state index is -3.29. The number of nitrogens with one attached hydrogen (secondary N) is 1. The van der Waals surface area contributed by atoms with E-state index in [0.29, 0.717) is 23.7 Å². The predicted molar refractivity (Wildman–Crippen MR) is 54.7 cm³/mol. The lowest BCUT2D eigenvalue weighted by Crippen LogP contribution is -2.28. The van der Waals surface area contributed by atoms with Crippen LogP contribution in [0.3, 0.4) is 0 Å². The van der Waals surface area contributed by atoms with Crippen LogP contribution in [0.5, 0.6) is 0 Å². The molecule has 0 saturated carbocycles. The van der Waals surface area contributed by atoms with Gasteiger partial charge >= 0.3 is 0 Å². The van der Waals surface area contributed by atoms with Crippen molar-refractivity contribution in [2.75, 3.05) is 25.5 Å². The highest BCUT2D eigenvalue weighted by Crippen LogP contribution is 2.25. The standard InChI is InChI=1S/C9H12N2O2S/c1-11-7-6-10-8-4-2-3-5-9(8)14(11,12)13/h2-5,10H,6-7H2,1H3. The van der Waals surface area contributed by atoms with Crippen molar-refractivity contribution in [3.63, 3.8) is 0 Å². The molecule has 1 aromatic rings. The Morgan fingerprint density at radius 3 is 2.86 bits per heavy atom. The van der Waals surface area contributed by atoms with Crippen molar-refractivity contribution in [2.45, 2.75) is 4.90 Å². The zero-order valence-corrected chi connectivity index (χ0v) is 8.71. The molecule has 2 rings (SSSR count). The molecular weight excluding hydrogens is 200 g/mol. The van der Waals surface area contributed by atoms with Gasteiger partial charge in [-0.25, -0.2) is 8.42 Å². The van der Waals surface area contributed by atoms with Gasteiger partial charge in [0.2, 0.25) is 10.0 Å². The first-order valence-electron chi connectivity index (χ1n) is 4.41. The Labute approximate surface area is 83.6 Å². The number of benzene rings is 1. The Bertz CT molecular complexity index is 442. The summed E-state index contributed by atoms with van der Waals surface area (Å²) in [5.74, 6) is 0. The Balaban J connectivity index is 2.63. The van der Waals surface area contributed by atoms with E-state index in [1.807, 2.05) is 6.07 Å². The van der Waals surface area contributed by atoms with E-state index in [9.17, 15) is 8.42 Å². The molecule has 0 aliphatic carbocycles. The molecule has 0 unspecified atom stereocenters. The smallest absolute Gasteiger partial charge is 0.244 e.